The number of allylic oxidation sites excluding steroid dienone is 4. The predicted octanol–water partition coefficient (Wildman–Crippen LogP) is 9.81. The SMILES string of the molecule is O=P(c1ccccc1)(c1c(-c2ccc3nc4c5ccccc5c5ccccc5n4c3c2)ccc2ccccc12)C1C=CC=CC1. The minimum absolute atomic E-state index is 0.135. The Balaban J connectivity index is 1.39. The second-order valence-electron chi connectivity index (χ2n) is 11.8. The number of rotatable bonds is 4. The first-order valence-electron chi connectivity index (χ1n) is 15.4. The summed E-state index contributed by atoms with van der Waals surface area (Å²) in [7, 11) is -3.17. The third-order valence-corrected chi connectivity index (χ3v) is 12.9. The average molecular weight is 597 g/mol. The largest absolute Gasteiger partial charge is 0.313 e. The monoisotopic (exact) mass is 596 g/mol. The van der Waals surface area contributed by atoms with Crippen LogP contribution < -0.4 is 10.6 Å². The number of hydrogen-bond acceptors (Lipinski definition) is 2. The molecule has 8 aromatic rings. The Hall–Kier alpha value is -5.24. The standard InChI is InChI=1S/C41H29N2OP/c44-45(30-14-3-1-4-15-30,31-16-5-2-6-17-31)40-32-18-8-7-13-28(32)23-25-33(40)29-24-26-37-39(27-29)43-38-22-12-11-20-35(38)34-19-9-10-21-36(34)41(43)42-37/h1-16,18-27,31H,17H2. The van der Waals surface area contributed by atoms with E-state index in [0.717, 1.165) is 66.5 Å². The van der Waals surface area contributed by atoms with Crippen molar-refractivity contribution in [1.29, 1.82) is 0 Å². The van der Waals surface area contributed by atoms with E-state index in [-0.39, 0.29) is 5.66 Å². The number of imidazole rings is 1. The van der Waals surface area contributed by atoms with Gasteiger partial charge in [0.2, 0.25) is 0 Å². The molecule has 0 N–H and O–H groups in total. The fourth-order valence-electron chi connectivity index (χ4n) is 7.30. The van der Waals surface area contributed by atoms with Crippen molar-refractivity contribution in [2.24, 2.45) is 0 Å². The molecule has 0 saturated carbocycles. The summed E-state index contributed by atoms with van der Waals surface area (Å²) in [6.07, 6.45) is 9.13. The van der Waals surface area contributed by atoms with Gasteiger partial charge in [-0.3, -0.25) is 4.40 Å². The van der Waals surface area contributed by atoms with Gasteiger partial charge in [-0.1, -0.05) is 140 Å². The molecule has 0 fully saturated rings. The van der Waals surface area contributed by atoms with Crippen LogP contribution in [0.5, 0.6) is 0 Å². The Morgan fingerprint density at radius 3 is 2.20 bits per heavy atom. The van der Waals surface area contributed by atoms with Crippen molar-refractivity contribution in [2.75, 3.05) is 0 Å². The van der Waals surface area contributed by atoms with Gasteiger partial charge in [0, 0.05) is 27.0 Å². The second-order valence-corrected chi connectivity index (χ2v) is 14.8. The molecule has 4 heteroatoms. The second kappa shape index (κ2) is 10.2. The van der Waals surface area contributed by atoms with Crippen molar-refractivity contribution in [1.82, 2.24) is 9.38 Å². The Bertz CT molecular complexity index is 2560. The lowest BCUT2D eigenvalue weighted by Crippen LogP contribution is -2.27. The third-order valence-electron chi connectivity index (χ3n) is 9.37. The molecule has 9 rings (SSSR count). The van der Waals surface area contributed by atoms with Crippen LogP contribution in [0.25, 0.3) is 60.3 Å². The van der Waals surface area contributed by atoms with Crippen molar-refractivity contribution in [2.45, 2.75) is 12.1 Å². The maximum Gasteiger partial charge on any atom is 0.151 e. The lowest BCUT2D eigenvalue weighted by Gasteiger charge is -2.30. The van der Waals surface area contributed by atoms with Crippen LogP contribution in [0.1, 0.15) is 6.42 Å². The van der Waals surface area contributed by atoms with E-state index in [1.54, 1.807) is 0 Å². The van der Waals surface area contributed by atoms with Crippen LogP contribution in [-0.2, 0) is 4.57 Å². The van der Waals surface area contributed by atoms with E-state index in [0.29, 0.717) is 0 Å². The number of fused-ring (bicyclic) bond motifs is 9. The maximum absolute atomic E-state index is 16.0. The highest BCUT2D eigenvalue weighted by Gasteiger charge is 2.38. The highest BCUT2D eigenvalue weighted by atomic mass is 31.2. The number of aromatic nitrogens is 2. The molecule has 0 amide bonds. The first kappa shape index (κ1) is 26.2. The zero-order valence-electron chi connectivity index (χ0n) is 24.5. The summed E-state index contributed by atoms with van der Waals surface area (Å²) in [5.41, 5.74) is 5.96. The minimum Gasteiger partial charge on any atom is -0.313 e. The number of nitrogens with zero attached hydrogens (tertiary/aromatic N) is 2. The van der Waals surface area contributed by atoms with Gasteiger partial charge >= 0.3 is 0 Å². The molecule has 2 atom stereocenters. The summed E-state index contributed by atoms with van der Waals surface area (Å²) in [4.78, 5) is 5.16. The molecule has 0 spiro atoms. The summed E-state index contributed by atoms with van der Waals surface area (Å²) in [6.45, 7) is 0. The molecular weight excluding hydrogens is 567 g/mol. The van der Waals surface area contributed by atoms with Gasteiger partial charge in [-0.2, -0.15) is 0 Å². The van der Waals surface area contributed by atoms with Crippen LogP contribution in [0.2, 0.25) is 0 Å². The van der Waals surface area contributed by atoms with E-state index >= 15 is 4.57 Å². The van der Waals surface area contributed by atoms with Crippen molar-refractivity contribution in [3.8, 4) is 11.1 Å². The van der Waals surface area contributed by atoms with Crippen LogP contribution in [0.15, 0.2) is 158 Å². The van der Waals surface area contributed by atoms with E-state index in [2.05, 4.69) is 132 Å². The third kappa shape index (κ3) is 3.91. The lowest BCUT2D eigenvalue weighted by atomic mass is 10.0. The van der Waals surface area contributed by atoms with Crippen molar-refractivity contribution < 1.29 is 4.57 Å². The summed E-state index contributed by atoms with van der Waals surface area (Å²) in [5.74, 6) is 0. The Morgan fingerprint density at radius 1 is 0.644 bits per heavy atom. The fraction of sp³-hybridized carbons (Fsp3) is 0.0488. The van der Waals surface area contributed by atoms with Gasteiger partial charge in [0.15, 0.2) is 7.14 Å². The molecular formula is C41H29N2OP. The van der Waals surface area contributed by atoms with Crippen LogP contribution in [0, 0.1) is 0 Å². The van der Waals surface area contributed by atoms with E-state index in [1.807, 2.05) is 30.3 Å². The highest BCUT2D eigenvalue weighted by molar-refractivity contribution is 7.80. The molecule has 6 aromatic carbocycles. The molecule has 214 valence electrons. The summed E-state index contributed by atoms with van der Waals surface area (Å²) in [6, 6.07) is 46.4. The zero-order valence-corrected chi connectivity index (χ0v) is 25.4. The molecule has 0 bridgehead atoms. The molecule has 2 aromatic heterocycles. The quantitative estimate of drug-likeness (QED) is 0.150. The van der Waals surface area contributed by atoms with Crippen molar-refractivity contribution in [3.05, 3.63) is 158 Å². The molecule has 1 aliphatic carbocycles. The molecule has 0 aliphatic heterocycles. The first-order valence-corrected chi connectivity index (χ1v) is 17.2. The zero-order chi connectivity index (χ0) is 30.0. The molecule has 2 unspecified atom stereocenters. The lowest BCUT2D eigenvalue weighted by molar-refractivity contribution is 0.582. The normalized spacial score (nSPS) is 16.2. The van der Waals surface area contributed by atoms with Gasteiger partial charge < -0.3 is 4.57 Å². The topological polar surface area (TPSA) is 34.4 Å². The van der Waals surface area contributed by atoms with Crippen molar-refractivity contribution in [3.63, 3.8) is 0 Å². The smallest absolute Gasteiger partial charge is 0.151 e. The van der Waals surface area contributed by atoms with Crippen LogP contribution in [-0.4, -0.2) is 15.0 Å². The molecule has 3 nitrogen and oxygen atoms in total. The van der Waals surface area contributed by atoms with Crippen molar-refractivity contribution >= 4 is 66.9 Å². The minimum atomic E-state index is -3.17. The summed E-state index contributed by atoms with van der Waals surface area (Å²) in [5, 5.41) is 7.48. The van der Waals surface area contributed by atoms with Crippen LogP contribution in [0.3, 0.4) is 0 Å². The molecule has 2 heterocycles. The van der Waals surface area contributed by atoms with E-state index in [4.69, 9.17) is 4.98 Å². The predicted molar refractivity (Wildman–Crippen MR) is 191 cm³/mol. The van der Waals surface area contributed by atoms with Crippen LogP contribution in [0.4, 0.5) is 0 Å². The summed E-state index contributed by atoms with van der Waals surface area (Å²) < 4.78 is 18.3. The Labute approximate surface area is 261 Å². The maximum atomic E-state index is 16.0. The van der Waals surface area contributed by atoms with Gasteiger partial charge in [0.1, 0.15) is 5.65 Å². The van der Waals surface area contributed by atoms with E-state index < -0.39 is 7.14 Å². The van der Waals surface area contributed by atoms with Gasteiger partial charge in [-0.15, -0.1) is 0 Å². The van der Waals surface area contributed by atoms with E-state index in [9.17, 15) is 0 Å². The molecule has 45 heavy (non-hydrogen) atoms. The van der Waals surface area contributed by atoms with E-state index in [1.165, 1.54) is 10.8 Å². The number of hydrogen-bond donors (Lipinski definition) is 0. The Morgan fingerprint density at radius 2 is 1.38 bits per heavy atom. The molecule has 0 radical (unpaired) electrons. The van der Waals surface area contributed by atoms with Gasteiger partial charge in [0.05, 0.1) is 16.6 Å². The summed E-state index contributed by atoms with van der Waals surface area (Å²) >= 11 is 0. The molecule has 1 aliphatic rings. The number of para-hydroxylation sites is 1. The van der Waals surface area contributed by atoms with Gasteiger partial charge in [0.25, 0.3) is 0 Å². The highest BCUT2D eigenvalue weighted by Crippen LogP contribution is 2.55. The fourth-order valence-corrected chi connectivity index (χ4v) is 10.8. The average Bonchev–Trinajstić information content (AvgIpc) is 3.51. The van der Waals surface area contributed by atoms with Gasteiger partial charge in [-0.25, -0.2) is 4.98 Å². The Kier molecular flexibility index (Phi) is 5.91. The first-order chi connectivity index (χ1) is 22.2. The number of pyridine rings is 1. The van der Waals surface area contributed by atoms with Crippen LogP contribution >= 0.6 is 7.14 Å². The number of benzene rings is 6. The molecule has 0 saturated heterocycles. The van der Waals surface area contributed by atoms with Gasteiger partial charge in [-0.05, 0) is 51.9 Å².